The van der Waals surface area contributed by atoms with Gasteiger partial charge < -0.3 is 20.7 Å². The Kier molecular flexibility index (Phi) is 20.4. The Labute approximate surface area is 469 Å². The van der Waals surface area contributed by atoms with Crippen LogP contribution in [0, 0.1) is 11.8 Å². The molecule has 4 aliphatic rings. The Morgan fingerprint density at radius 3 is 1.61 bits per heavy atom. The SMILES string of the molecule is C=S1(=O)CC/C=C/c2cc3cc(ccc3cn2)[C@@H](C)NC(=O)[C@@H]2CCCN(N2)C(=O)[C@H](C)NC(=O)[C@H](C(C)C)N1.CC(C)[C@@H]1NS(=O)(=O)CC/C=C/c2cc3cc(ccc3cn2)[C@@H](C)OC(=O)[C@@H]2CCCN(N2)C(=O)[C@H](C)NC1=O. The molecule has 2 fully saturated rings. The number of hydrazine groups is 2. The Hall–Kier alpha value is -6.63. The number of carbonyl (C=O) groups is 6. The van der Waals surface area contributed by atoms with Crippen LogP contribution in [-0.2, 0) is 53.2 Å². The van der Waals surface area contributed by atoms with Crippen molar-refractivity contribution in [3.8, 4) is 0 Å². The minimum absolute atomic E-state index is 0.194. The first-order valence-electron chi connectivity index (χ1n) is 27.4. The highest BCUT2D eigenvalue weighted by Gasteiger charge is 2.36. The topological polar surface area (TPSA) is 279 Å². The third-order valence-electron chi connectivity index (χ3n) is 14.4. The van der Waals surface area contributed by atoms with Crippen molar-refractivity contribution in [2.24, 2.45) is 11.8 Å². The van der Waals surface area contributed by atoms with E-state index in [-0.39, 0.29) is 47.6 Å². The molecule has 4 aliphatic heterocycles. The van der Waals surface area contributed by atoms with Crippen molar-refractivity contribution in [1.29, 1.82) is 0 Å². The van der Waals surface area contributed by atoms with Crippen molar-refractivity contribution >= 4 is 94.8 Å². The number of sulfonamides is 1. The molecule has 0 spiro atoms. The number of pyridine rings is 2. The van der Waals surface area contributed by atoms with E-state index in [1.165, 1.54) is 16.9 Å². The summed E-state index contributed by atoms with van der Waals surface area (Å²) in [4.78, 5) is 87.7. The molecule has 0 saturated carbocycles. The van der Waals surface area contributed by atoms with Gasteiger partial charge in [0, 0.05) is 51.7 Å². The van der Waals surface area contributed by atoms with Gasteiger partial charge in [-0.15, -0.1) is 0 Å². The predicted molar refractivity (Wildman–Crippen MR) is 310 cm³/mol. The molecule has 432 valence electrons. The van der Waals surface area contributed by atoms with Crippen LogP contribution in [0.5, 0.6) is 0 Å². The van der Waals surface area contributed by atoms with Crippen molar-refractivity contribution in [2.75, 3.05) is 24.6 Å². The molecule has 8 rings (SSSR count). The maximum atomic E-state index is 13.3. The van der Waals surface area contributed by atoms with Gasteiger partial charge >= 0.3 is 5.97 Å². The van der Waals surface area contributed by atoms with E-state index in [1.807, 2.05) is 81.5 Å². The molecule has 1 unspecified atom stereocenters. The summed E-state index contributed by atoms with van der Waals surface area (Å²) in [5, 5.41) is 15.0. The van der Waals surface area contributed by atoms with Crippen molar-refractivity contribution in [2.45, 2.75) is 142 Å². The molecule has 80 heavy (non-hydrogen) atoms. The lowest BCUT2D eigenvalue weighted by atomic mass is 10.0. The Balaban J connectivity index is 0.000000231. The second-order valence-electron chi connectivity index (χ2n) is 21.7. The number of benzene rings is 2. The Bertz CT molecular complexity index is 3030. The minimum atomic E-state index is -3.80. The number of rotatable bonds is 2. The van der Waals surface area contributed by atoms with Crippen molar-refractivity contribution in [3.05, 3.63) is 95.6 Å². The second-order valence-corrected chi connectivity index (χ2v) is 25.9. The van der Waals surface area contributed by atoms with Crippen LogP contribution < -0.4 is 36.2 Å². The van der Waals surface area contributed by atoms with Gasteiger partial charge in [-0.05, 0) is 142 Å². The van der Waals surface area contributed by atoms with Crippen LogP contribution in [0.15, 0.2) is 73.1 Å². The first-order valence-corrected chi connectivity index (χ1v) is 30.9. The number of amides is 5. The highest BCUT2D eigenvalue weighted by molar-refractivity contribution is 7.98. The van der Waals surface area contributed by atoms with Crippen LogP contribution in [0.2, 0.25) is 0 Å². The molecule has 5 amide bonds. The van der Waals surface area contributed by atoms with Gasteiger partial charge in [0.2, 0.25) is 27.7 Å². The summed E-state index contributed by atoms with van der Waals surface area (Å²) in [6.07, 6.45) is 13.2. The van der Waals surface area contributed by atoms with E-state index < -0.39 is 85.8 Å². The highest BCUT2D eigenvalue weighted by Crippen LogP contribution is 2.26. The van der Waals surface area contributed by atoms with Gasteiger partial charge in [0.1, 0.15) is 36.3 Å². The lowest BCUT2D eigenvalue weighted by Crippen LogP contribution is -2.62. The first kappa shape index (κ1) is 61.0. The van der Waals surface area contributed by atoms with Gasteiger partial charge in [-0.1, -0.05) is 64.1 Å². The van der Waals surface area contributed by atoms with Gasteiger partial charge in [0.25, 0.3) is 11.8 Å². The number of nitrogens with one attached hydrogen (secondary N) is 7. The number of carbonyl (C=O) groups excluding carboxylic acids is 6. The molecule has 23 heteroatoms. The number of cyclic esters (lactones) is 1. The van der Waals surface area contributed by atoms with Gasteiger partial charge in [-0.2, -0.15) is 0 Å². The molecule has 2 aromatic carbocycles. The summed E-state index contributed by atoms with van der Waals surface area (Å²) < 4.78 is 50.1. The summed E-state index contributed by atoms with van der Waals surface area (Å²) in [6.45, 7) is 14.8. The van der Waals surface area contributed by atoms with E-state index in [4.69, 9.17) is 4.74 Å². The summed E-state index contributed by atoms with van der Waals surface area (Å²) in [7, 11) is -6.59. The largest absolute Gasteiger partial charge is 0.457 e. The smallest absolute Gasteiger partial charge is 0.325 e. The lowest BCUT2D eigenvalue weighted by Gasteiger charge is -2.35. The second kappa shape index (κ2) is 26.8. The predicted octanol–water partition coefficient (Wildman–Crippen LogP) is 4.28. The maximum absolute atomic E-state index is 13.3. The van der Waals surface area contributed by atoms with E-state index in [2.05, 4.69) is 52.1 Å². The number of nitrogens with zero attached hydrogens (tertiary/aromatic N) is 4. The van der Waals surface area contributed by atoms with E-state index in [9.17, 15) is 41.4 Å². The Morgan fingerprint density at radius 1 is 0.588 bits per heavy atom. The monoisotopic (exact) mass is 1140 g/mol. The van der Waals surface area contributed by atoms with Crippen LogP contribution >= 0.6 is 0 Å². The molecular formula is C57H77N11O10S2. The summed E-state index contributed by atoms with van der Waals surface area (Å²) in [6, 6.07) is 10.4. The molecule has 10 bridgehead atoms. The van der Waals surface area contributed by atoms with Crippen LogP contribution in [0.4, 0.5) is 0 Å². The number of hydrogen-bond acceptors (Lipinski definition) is 14. The number of ether oxygens (including phenoxy) is 1. The van der Waals surface area contributed by atoms with Gasteiger partial charge in [0.05, 0.1) is 29.2 Å². The molecule has 7 N–H and O–H groups in total. The average Bonchev–Trinajstić information content (AvgIpc) is 3.43. The van der Waals surface area contributed by atoms with E-state index in [0.717, 1.165) is 38.4 Å². The molecule has 2 aromatic heterocycles. The first-order chi connectivity index (χ1) is 37.9. The molecule has 6 heterocycles. The van der Waals surface area contributed by atoms with E-state index in [1.54, 1.807) is 52.2 Å². The van der Waals surface area contributed by atoms with Gasteiger partial charge in [-0.3, -0.25) is 53.0 Å². The zero-order valence-electron chi connectivity index (χ0n) is 46.8. The van der Waals surface area contributed by atoms with Crippen LogP contribution in [0.1, 0.15) is 129 Å². The van der Waals surface area contributed by atoms with Crippen LogP contribution in [-0.4, -0.2) is 135 Å². The molecule has 9 atom stereocenters. The molecule has 2 saturated heterocycles. The fraction of sp³-hybridized carbons (Fsp3) is 0.491. The molecule has 0 radical (unpaired) electrons. The van der Waals surface area contributed by atoms with Gasteiger partial charge in [0.15, 0.2) is 0 Å². The average molecular weight is 1140 g/mol. The van der Waals surface area contributed by atoms with Gasteiger partial charge in [-0.25, -0.2) is 28.7 Å². The third kappa shape index (κ3) is 16.3. The fourth-order valence-corrected chi connectivity index (χ4v) is 12.5. The third-order valence-corrected chi connectivity index (χ3v) is 17.4. The van der Waals surface area contributed by atoms with Crippen LogP contribution in [0.3, 0.4) is 0 Å². The number of hydrogen-bond donors (Lipinski definition) is 7. The Morgan fingerprint density at radius 2 is 1.06 bits per heavy atom. The summed E-state index contributed by atoms with van der Waals surface area (Å²) in [5.74, 6) is 0.850. The number of esters is 1. The fourth-order valence-electron chi connectivity index (χ4n) is 9.64. The quantitative estimate of drug-likeness (QED) is 0.109. The summed E-state index contributed by atoms with van der Waals surface area (Å²) in [5.41, 5.74) is 9.17. The summed E-state index contributed by atoms with van der Waals surface area (Å²) >= 11 is 0. The van der Waals surface area contributed by atoms with E-state index >= 15 is 0 Å². The normalized spacial score (nSPS) is 28.8. The van der Waals surface area contributed by atoms with Crippen LogP contribution in [0.25, 0.3) is 33.7 Å². The molecular weight excluding hydrogens is 1060 g/mol. The maximum Gasteiger partial charge on any atom is 0.325 e. The molecule has 21 nitrogen and oxygen atoms in total. The highest BCUT2D eigenvalue weighted by atomic mass is 32.2. The van der Waals surface area contributed by atoms with Crippen molar-refractivity contribution in [3.63, 3.8) is 0 Å². The van der Waals surface area contributed by atoms with Crippen molar-refractivity contribution < 1.29 is 46.1 Å². The van der Waals surface area contributed by atoms with E-state index in [0.29, 0.717) is 50.9 Å². The number of aromatic nitrogens is 2. The lowest BCUT2D eigenvalue weighted by molar-refractivity contribution is -0.157. The minimum Gasteiger partial charge on any atom is -0.457 e. The molecule has 0 aliphatic carbocycles. The van der Waals surface area contributed by atoms with Crippen molar-refractivity contribution in [1.82, 2.24) is 56.2 Å². The zero-order valence-corrected chi connectivity index (χ0v) is 48.5. The molecule has 4 aromatic rings. The zero-order chi connectivity index (χ0) is 58.1. The number of fused-ring (bicyclic) bond motifs is 8. The number of allylic oxidation sites excluding steroid dienone is 2. The standard InChI is InChI=1S/C29H40N6O4S.C28H37N5O6S/c1-18(2)26-28(37)32-20(4)29(38)35-13-8-10-25(33-35)27(36)31-19(3)21-11-12-22-17-30-24(16-23(22)15-21)9-6-7-14-40(5,39)34-26;1-17(2)25-26(34)30-18(3)27(35)33-12-7-9-24(31-33)28(36)39-19(4)20-10-11-21-16-29-23(15-22(21)14-20)8-5-6-13-40(37,38)32-25/h6,9,11-12,15-20,25-26,33H,5,7-8,10,13-14H2,1-4H3,(H,31,36)(H,32,37)(H,34,39);5,8,10-11,14-19,24-25,31-32H,6-7,9,12-13H2,1-4H3,(H,30,34)/b9-6+;8-5+/t19-,20+,25+,26+,40?;18-,19+,24-,25-/m10/s1.